The normalized spacial score (nSPS) is 18.2. The first-order valence-electron chi connectivity index (χ1n) is 11.3. The molecule has 3 aromatic carbocycles. The summed E-state index contributed by atoms with van der Waals surface area (Å²) in [4.78, 5) is 17.9. The second-order valence-corrected chi connectivity index (χ2v) is 8.56. The number of aryl methyl sites for hydroxylation is 2. The first kappa shape index (κ1) is 19.8. The van der Waals surface area contributed by atoms with E-state index < -0.39 is 0 Å². The van der Waals surface area contributed by atoms with Gasteiger partial charge in [0.2, 0.25) is 0 Å². The van der Waals surface area contributed by atoms with Crippen LogP contribution in [0.25, 0.3) is 0 Å². The molecule has 0 aliphatic carbocycles. The fraction of sp³-hybridized carbons (Fsp3) is 0.296. The Morgan fingerprint density at radius 3 is 2.13 bits per heavy atom. The van der Waals surface area contributed by atoms with Crippen LogP contribution in [-0.2, 0) is 19.3 Å². The molecule has 2 amide bonds. The van der Waals surface area contributed by atoms with Crippen molar-refractivity contribution in [3.05, 3.63) is 95.6 Å². The van der Waals surface area contributed by atoms with Gasteiger partial charge in [0.05, 0.1) is 11.4 Å². The number of benzene rings is 3. The van der Waals surface area contributed by atoms with E-state index >= 15 is 0 Å². The molecule has 0 aromatic heterocycles. The lowest BCUT2D eigenvalue weighted by Gasteiger charge is -2.27. The van der Waals surface area contributed by atoms with Crippen molar-refractivity contribution in [2.45, 2.75) is 31.7 Å². The molecular weight excluding hydrogens is 382 g/mol. The maximum absolute atomic E-state index is 13.5. The molecular formula is C27H29N3O. The van der Waals surface area contributed by atoms with Gasteiger partial charge in [-0.15, -0.1) is 0 Å². The van der Waals surface area contributed by atoms with Crippen molar-refractivity contribution in [1.29, 1.82) is 0 Å². The number of hydrogen-bond donors (Lipinski definition) is 1. The predicted octanol–water partition coefficient (Wildman–Crippen LogP) is 4.95. The van der Waals surface area contributed by atoms with Crippen LogP contribution in [0.2, 0.25) is 0 Å². The standard InChI is InChI=1S/C27H29N3O/c31-27(28-24-17-19-29(20-24)18-16-21-8-2-1-3-9-21)30-25-12-6-4-10-22(25)14-15-23-11-5-7-13-26(23)30/h1-13,24H,14-20H2,(H,28,31)/t24-/m0/s1. The van der Waals surface area contributed by atoms with Gasteiger partial charge in [-0.3, -0.25) is 4.90 Å². The zero-order valence-corrected chi connectivity index (χ0v) is 17.8. The van der Waals surface area contributed by atoms with Crippen LogP contribution in [0.3, 0.4) is 0 Å². The minimum absolute atomic E-state index is 0.0169. The lowest BCUT2D eigenvalue weighted by molar-refractivity contribution is 0.244. The summed E-state index contributed by atoms with van der Waals surface area (Å²) in [6.45, 7) is 2.98. The lowest BCUT2D eigenvalue weighted by Crippen LogP contribution is -2.44. The molecule has 1 N–H and O–H groups in total. The zero-order chi connectivity index (χ0) is 21.0. The summed E-state index contributed by atoms with van der Waals surface area (Å²) in [5.74, 6) is 0. The van der Waals surface area contributed by atoms with Gasteiger partial charge in [0.1, 0.15) is 0 Å². The number of carbonyl (C=O) groups excluding carboxylic acids is 1. The van der Waals surface area contributed by atoms with Crippen molar-refractivity contribution >= 4 is 17.4 Å². The summed E-state index contributed by atoms with van der Waals surface area (Å²) < 4.78 is 0. The van der Waals surface area contributed by atoms with Gasteiger partial charge in [0, 0.05) is 25.7 Å². The van der Waals surface area contributed by atoms with Gasteiger partial charge in [0.15, 0.2) is 0 Å². The highest BCUT2D eigenvalue weighted by Gasteiger charge is 2.29. The molecule has 1 fully saturated rings. The van der Waals surface area contributed by atoms with Crippen LogP contribution < -0.4 is 10.2 Å². The van der Waals surface area contributed by atoms with Crippen molar-refractivity contribution < 1.29 is 4.79 Å². The Labute approximate surface area is 184 Å². The highest BCUT2D eigenvalue weighted by Crippen LogP contribution is 2.36. The highest BCUT2D eigenvalue weighted by atomic mass is 16.2. The third-order valence-corrected chi connectivity index (χ3v) is 6.49. The molecule has 4 heteroatoms. The number of amides is 2. The molecule has 1 saturated heterocycles. The Balaban J connectivity index is 1.28. The van der Waals surface area contributed by atoms with Gasteiger partial charge >= 0.3 is 6.03 Å². The Hall–Kier alpha value is -3.11. The number of carbonyl (C=O) groups is 1. The number of anilines is 2. The molecule has 31 heavy (non-hydrogen) atoms. The van der Waals surface area contributed by atoms with Gasteiger partial charge in [-0.1, -0.05) is 66.7 Å². The van der Waals surface area contributed by atoms with Crippen LogP contribution in [0.5, 0.6) is 0 Å². The van der Waals surface area contributed by atoms with Gasteiger partial charge in [-0.2, -0.15) is 0 Å². The van der Waals surface area contributed by atoms with E-state index in [0.717, 1.165) is 56.7 Å². The van der Waals surface area contributed by atoms with E-state index in [1.807, 2.05) is 17.0 Å². The summed E-state index contributed by atoms with van der Waals surface area (Å²) in [6, 6.07) is 27.4. The lowest BCUT2D eigenvalue weighted by atomic mass is 10.0. The molecule has 2 heterocycles. The fourth-order valence-corrected chi connectivity index (χ4v) is 4.82. The minimum atomic E-state index is -0.0169. The topological polar surface area (TPSA) is 35.6 Å². The summed E-state index contributed by atoms with van der Waals surface area (Å²) in [5, 5.41) is 3.33. The molecule has 0 bridgehead atoms. The van der Waals surface area contributed by atoms with Crippen LogP contribution >= 0.6 is 0 Å². The van der Waals surface area contributed by atoms with Crippen molar-refractivity contribution in [2.24, 2.45) is 0 Å². The fourth-order valence-electron chi connectivity index (χ4n) is 4.82. The van der Waals surface area contributed by atoms with E-state index in [1.54, 1.807) is 0 Å². The number of hydrogen-bond acceptors (Lipinski definition) is 2. The van der Waals surface area contributed by atoms with Crippen molar-refractivity contribution in [3.8, 4) is 0 Å². The quantitative estimate of drug-likeness (QED) is 0.659. The van der Waals surface area contributed by atoms with E-state index in [4.69, 9.17) is 0 Å². The first-order chi connectivity index (χ1) is 15.3. The molecule has 3 aromatic rings. The number of fused-ring (bicyclic) bond motifs is 2. The third kappa shape index (κ3) is 4.35. The molecule has 2 aliphatic rings. The summed E-state index contributed by atoms with van der Waals surface area (Å²) >= 11 is 0. The summed E-state index contributed by atoms with van der Waals surface area (Å²) in [5.41, 5.74) is 5.83. The zero-order valence-electron chi connectivity index (χ0n) is 17.8. The Morgan fingerprint density at radius 1 is 0.839 bits per heavy atom. The number of rotatable bonds is 4. The molecule has 5 rings (SSSR count). The van der Waals surface area contributed by atoms with Crippen LogP contribution in [0, 0.1) is 0 Å². The van der Waals surface area contributed by atoms with Gasteiger partial charge in [-0.05, 0) is 54.5 Å². The number of para-hydroxylation sites is 2. The van der Waals surface area contributed by atoms with Crippen LogP contribution in [0.1, 0.15) is 23.1 Å². The average Bonchev–Trinajstić information content (AvgIpc) is 3.18. The molecule has 158 valence electrons. The van der Waals surface area contributed by atoms with Crippen LogP contribution in [-0.4, -0.2) is 36.6 Å². The Bertz CT molecular complexity index is 1000. The molecule has 1 atom stereocenters. The van der Waals surface area contributed by atoms with E-state index in [-0.39, 0.29) is 12.1 Å². The van der Waals surface area contributed by atoms with Crippen molar-refractivity contribution in [2.75, 3.05) is 24.5 Å². The summed E-state index contributed by atoms with van der Waals surface area (Å²) in [6.07, 6.45) is 3.95. The molecule has 0 spiro atoms. The maximum atomic E-state index is 13.5. The predicted molar refractivity (Wildman–Crippen MR) is 126 cm³/mol. The molecule has 2 aliphatic heterocycles. The molecule has 4 nitrogen and oxygen atoms in total. The van der Waals surface area contributed by atoms with Gasteiger partial charge < -0.3 is 10.2 Å². The molecule has 0 radical (unpaired) electrons. The number of nitrogens with zero attached hydrogens (tertiary/aromatic N) is 2. The second kappa shape index (κ2) is 8.94. The molecule has 0 unspecified atom stereocenters. The first-order valence-corrected chi connectivity index (χ1v) is 11.3. The highest BCUT2D eigenvalue weighted by molar-refractivity contribution is 6.01. The van der Waals surface area contributed by atoms with Crippen LogP contribution in [0.4, 0.5) is 16.2 Å². The SMILES string of the molecule is O=C(N[C@H]1CCN(CCc2ccccc2)C1)N1c2ccccc2CCc2ccccc21. The van der Waals surface area contributed by atoms with E-state index in [2.05, 4.69) is 76.9 Å². The van der Waals surface area contributed by atoms with E-state index in [0.29, 0.717) is 0 Å². The monoisotopic (exact) mass is 411 g/mol. The smallest absolute Gasteiger partial charge is 0.326 e. The Morgan fingerprint density at radius 2 is 1.45 bits per heavy atom. The number of urea groups is 1. The third-order valence-electron chi connectivity index (χ3n) is 6.49. The minimum Gasteiger partial charge on any atom is -0.333 e. The number of likely N-dealkylation sites (tertiary alicyclic amines) is 1. The van der Waals surface area contributed by atoms with Gasteiger partial charge in [0.25, 0.3) is 0 Å². The van der Waals surface area contributed by atoms with Crippen molar-refractivity contribution in [1.82, 2.24) is 10.2 Å². The molecule has 0 saturated carbocycles. The number of nitrogens with one attached hydrogen (secondary N) is 1. The van der Waals surface area contributed by atoms with Gasteiger partial charge in [-0.25, -0.2) is 4.79 Å². The van der Waals surface area contributed by atoms with E-state index in [1.165, 1.54) is 16.7 Å². The summed E-state index contributed by atoms with van der Waals surface area (Å²) in [7, 11) is 0. The van der Waals surface area contributed by atoms with Crippen molar-refractivity contribution in [3.63, 3.8) is 0 Å². The largest absolute Gasteiger partial charge is 0.333 e. The maximum Gasteiger partial charge on any atom is 0.326 e. The van der Waals surface area contributed by atoms with Crippen LogP contribution in [0.15, 0.2) is 78.9 Å². The van der Waals surface area contributed by atoms with E-state index in [9.17, 15) is 4.79 Å². The average molecular weight is 412 g/mol. The Kier molecular flexibility index (Phi) is 5.72. The second-order valence-electron chi connectivity index (χ2n) is 8.56.